The zero-order valence-electron chi connectivity index (χ0n) is 24.6. The van der Waals surface area contributed by atoms with Crippen molar-refractivity contribution in [2.75, 3.05) is 38.3 Å². The zero-order valence-corrected chi connectivity index (χ0v) is 25.5. The highest BCUT2D eigenvalue weighted by Gasteiger charge is 2.50. The Kier molecular flexibility index (Phi) is 9.76. The van der Waals surface area contributed by atoms with Gasteiger partial charge in [0.25, 0.3) is 0 Å². The van der Waals surface area contributed by atoms with Crippen molar-refractivity contribution in [2.45, 2.75) is 69.6 Å². The number of hydrogen-bond donors (Lipinski definition) is 3. The van der Waals surface area contributed by atoms with Crippen molar-refractivity contribution in [3.63, 3.8) is 0 Å². The van der Waals surface area contributed by atoms with E-state index < -0.39 is 29.5 Å². The number of allylic oxidation sites excluding steroid dienone is 1. The third-order valence-corrected chi connectivity index (χ3v) is 9.09. The van der Waals surface area contributed by atoms with Crippen LogP contribution < -0.4 is 25.6 Å². The summed E-state index contributed by atoms with van der Waals surface area (Å²) in [6.07, 6.45) is 8.57. The molecule has 0 radical (unpaired) electrons. The van der Waals surface area contributed by atoms with Gasteiger partial charge in [0, 0.05) is 30.6 Å². The fourth-order valence-electron chi connectivity index (χ4n) is 5.17. The fraction of sp³-hybridized carbons (Fsp3) is 0.516. The lowest BCUT2D eigenvalue weighted by Crippen LogP contribution is -2.55. The van der Waals surface area contributed by atoms with Crippen LogP contribution in [-0.4, -0.2) is 79.5 Å². The van der Waals surface area contributed by atoms with Crippen LogP contribution in [0.3, 0.4) is 0 Å². The van der Waals surface area contributed by atoms with E-state index in [1.165, 1.54) is 11.3 Å². The molecule has 43 heavy (non-hydrogen) atoms. The molecular formula is C31H39N5O6S. The number of hydrogen-bond acceptors (Lipinski definition) is 9. The lowest BCUT2D eigenvalue weighted by atomic mass is 9.94. The van der Waals surface area contributed by atoms with Gasteiger partial charge in [-0.2, -0.15) is 0 Å². The standard InChI is InChI=1S/C31H39N5O6S/c1-31(19-42-31)28(39)24(14-20-6-3-4-7-20)35-29(40)25(15-21-8-10-22(41-2)11-9-21)34-27(38)18-32-26(37)16-23-17-33-30(43-23)36-12-5-13-36/h6,8-11,17,24-25H,3-5,7,12-16,18-19H2,1-2H3,(H,32,37)(H,34,38)(H,35,40). The molecule has 0 bridgehead atoms. The van der Waals surface area contributed by atoms with E-state index in [1.54, 1.807) is 32.4 Å². The molecule has 3 unspecified atom stereocenters. The third-order valence-electron chi connectivity index (χ3n) is 8.03. The van der Waals surface area contributed by atoms with Crippen molar-refractivity contribution in [2.24, 2.45) is 0 Å². The molecule has 12 heteroatoms. The predicted octanol–water partition coefficient (Wildman–Crippen LogP) is 2.09. The molecule has 0 spiro atoms. The minimum Gasteiger partial charge on any atom is -0.497 e. The highest BCUT2D eigenvalue weighted by Crippen LogP contribution is 2.31. The fourth-order valence-corrected chi connectivity index (χ4v) is 6.13. The molecule has 1 aromatic heterocycles. The van der Waals surface area contributed by atoms with Crippen molar-refractivity contribution < 1.29 is 28.7 Å². The van der Waals surface area contributed by atoms with E-state index in [0.29, 0.717) is 18.8 Å². The molecule has 1 aliphatic carbocycles. The smallest absolute Gasteiger partial charge is 0.243 e. The summed E-state index contributed by atoms with van der Waals surface area (Å²) in [6.45, 7) is 3.72. The highest BCUT2D eigenvalue weighted by molar-refractivity contribution is 7.15. The van der Waals surface area contributed by atoms with Crippen LogP contribution in [0, 0.1) is 0 Å². The third kappa shape index (κ3) is 8.20. The van der Waals surface area contributed by atoms with E-state index in [0.717, 1.165) is 59.9 Å². The van der Waals surface area contributed by atoms with Gasteiger partial charge in [-0.1, -0.05) is 23.8 Å². The summed E-state index contributed by atoms with van der Waals surface area (Å²) in [5.41, 5.74) is 1.04. The van der Waals surface area contributed by atoms with Crippen LogP contribution in [0.2, 0.25) is 0 Å². The summed E-state index contributed by atoms with van der Waals surface area (Å²) in [7, 11) is 1.57. The first kappa shape index (κ1) is 30.7. The Balaban J connectivity index is 1.21. The molecule has 5 rings (SSSR count). The van der Waals surface area contributed by atoms with Gasteiger partial charge in [-0.25, -0.2) is 4.98 Å². The summed E-state index contributed by atoms with van der Waals surface area (Å²) in [6, 6.07) is 5.47. The molecule has 2 saturated heterocycles. The lowest BCUT2D eigenvalue weighted by molar-refractivity contribution is -0.133. The molecule has 3 heterocycles. The van der Waals surface area contributed by atoms with E-state index in [4.69, 9.17) is 9.47 Å². The maximum absolute atomic E-state index is 13.6. The molecule has 2 aromatic rings. The molecule has 3 aliphatic rings. The number of ether oxygens (including phenoxy) is 2. The number of nitrogens with one attached hydrogen (secondary N) is 3. The number of rotatable bonds is 15. The minimum atomic E-state index is -0.973. The van der Waals surface area contributed by atoms with E-state index >= 15 is 0 Å². The van der Waals surface area contributed by atoms with Gasteiger partial charge < -0.3 is 30.3 Å². The Morgan fingerprint density at radius 3 is 2.47 bits per heavy atom. The van der Waals surface area contributed by atoms with Gasteiger partial charge in [0.1, 0.15) is 17.4 Å². The maximum atomic E-state index is 13.6. The molecule has 230 valence electrons. The van der Waals surface area contributed by atoms with Crippen LogP contribution in [0.5, 0.6) is 5.75 Å². The maximum Gasteiger partial charge on any atom is 0.243 e. The Labute approximate surface area is 255 Å². The Morgan fingerprint density at radius 1 is 1.07 bits per heavy atom. The number of anilines is 1. The van der Waals surface area contributed by atoms with Gasteiger partial charge in [-0.05, 0) is 56.7 Å². The van der Waals surface area contributed by atoms with Crippen LogP contribution in [-0.2, 0) is 36.8 Å². The van der Waals surface area contributed by atoms with Crippen LogP contribution >= 0.6 is 11.3 Å². The van der Waals surface area contributed by atoms with Gasteiger partial charge in [0.15, 0.2) is 10.9 Å². The monoisotopic (exact) mass is 609 g/mol. The second-order valence-corrected chi connectivity index (χ2v) is 12.6. The van der Waals surface area contributed by atoms with Crippen molar-refractivity contribution in [3.8, 4) is 5.75 Å². The van der Waals surface area contributed by atoms with E-state index in [-0.39, 0.29) is 31.1 Å². The number of thiazole rings is 1. The van der Waals surface area contributed by atoms with Gasteiger partial charge in [0.2, 0.25) is 17.7 Å². The van der Waals surface area contributed by atoms with Gasteiger partial charge in [0.05, 0.1) is 32.7 Å². The summed E-state index contributed by atoms with van der Waals surface area (Å²) >= 11 is 1.47. The quantitative estimate of drug-likeness (QED) is 0.206. The number of amides is 3. The molecular weight excluding hydrogens is 570 g/mol. The SMILES string of the molecule is COc1ccc(CC(NC(=O)CNC(=O)Cc2cnc(N3CCC3)s2)C(=O)NC(CC2=CCCC2)C(=O)C2(C)CO2)cc1. The number of aromatic nitrogens is 1. The number of Topliss-reactive ketones (excluding diaryl/α,β-unsaturated/α-hetero) is 1. The largest absolute Gasteiger partial charge is 0.497 e. The van der Waals surface area contributed by atoms with Crippen LogP contribution in [0.4, 0.5) is 5.13 Å². The number of methoxy groups -OCH3 is 1. The summed E-state index contributed by atoms with van der Waals surface area (Å²) in [5.74, 6) is -0.789. The second kappa shape index (κ2) is 13.7. The van der Waals surface area contributed by atoms with Crippen LogP contribution in [0.25, 0.3) is 0 Å². The lowest BCUT2D eigenvalue weighted by Gasteiger charge is -2.30. The first-order chi connectivity index (χ1) is 20.7. The van der Waals surface area contributed by atoms with Crippen LogP contribution in [0.1, 0.15) is 49.5 Å². The molecule has 11 nitrogen and oxygen atoms in total. The summed E-state index contributed by atoms with van der Waals surface area (Å²) in [5, 5.41) is 9.23. The normalized spacial score (nSPS) is 20.3. The van der Waals surface area contributed by atoms with Crippen molar-refractivity contribution in [1.29, 1.82) is 0 Å². The first-order valence-corrected chi connectivity index (χ1v) is 15.6. The Bertz CT molecular complexity index is 1360. The van der Waals surface area contributed by atoms with Gasteiger partial charge >= 0.3 is 0 Å². The topological polar surface area (TPSA) is 142 Å². The minimum absolute atomic E-state index is 0.120. The van der Waals surface area contributed by atoms with E-state index in [2.05, 4.69) is 31.9 Å². The molecule has 0 saturated carbocycles. The molecule has 3 atom stereocenters. The second-order valence-electron chi connectivity index (χ2n) is 11.5. The van der Waals surface area contributed by atoms with Gasteiger partial charge in [-0.3, -0.25) is 19.2 Å². The first-order valence-electron chi connectivity index (χ1n) is 14.8. The average Bonchev–Trinajstić information content (AvgIpc) is 3.30. The number of carbonyl (C=O) groups is 4. The predicted molar refractivity (Wildman–Crippen MR) is 162 cm³/mol. The number of ketones is 1. The molecule has 3 amide bonds. The molecule has 2 aliphatic heterocycles. The van der Waals surface area contributed by atoms with Crippen molar-refractivity contribution >= 4 is 40.0 Å². The Morgan fingerprint density at radius 2 is 1.84 bits per heavy atom. The zero-order chi connectivity index (χ0) is 30.4. The van der Waals surface area contributed by atoms with E-state index in [9.17, 15) is 19.2 Å². The average molecular weight is 610 g/mol. The van der Waals surface area contributed by atoms with Crippen molar-refractivity contribution in [1.82, 2.24) is 20.9 Å². The summed E-state index contributed by atoms with van der Waals surface area (Å²) < 4.78 is 10.6. The molecule has 1 aromatic carbocycles. The van der Waals surface area contributed by atoms with Crippen molar-refractivity contribution in [3.05, 3.63) is 52.6 Å². The summed E-state index contributed by atoms with van der Waals surface area (Å²) in [4.78, 5) is 59.8. The Hall–Kier alpha value is -3.77. The number of benzene rings is 1. The molecule has 3 N–H and O–H groups in total. The van der Waals surface area contributed by atoms with Gasteiger partial charge in [-0.15, -0.1) is 11.3 Å². The number of epoxide rings is 1. The highest BCUT2D eigenvalue weighted by atomic mass is 32.1. The molecule has 2 fully saturated rings. The number of nitrogens with zero attached hydrogens (tertiary/aromatic N) is 2. The number of carbonyl (C=O) groups excluding carboxylic acids is 4. The van der Waals surface area contributed by atoms with E-state index in [1.807, 2.05) is 12.1 Å². The van der Waals surface area contributed by atoms with Crippen LogP contribution in [0.15, 0.2) is 42.1 Å².